The second-order valence-corrected chi connectivity index (χ2v) is 5.56. The summed E-state index contributed by atoms with van der Waals surface area (Å²) in [4.78, 5) is 12.1. The van der Waals surface area contributed by atoms with Crippen molar-refractivity contribution in [3.63, 3.8) is 0 Å². The molecule has 0 unspecified atom stereocenters. The predicted molar refractivity (Wildman–Crippen MR) is 82.7 cm³/mol. The summed E-state index contributed by atoms with van der Waals surface area (Å²) in [6.07, 6.45) is 2.24. The third kappa shape index (κ3) is 2.92. The summed E-state index contributed by atoms with van der Waals surface area (Å²) >= 11 is 0. The summed E-state index contributed by atoms with van der Waals surface area (Å²) in [6.45, 7) is 0.688. The molecule has 1 amide bonds. The molecule has 1 fully saturated rings. The number of benzene rings is 2. The van der Waals surface area contributed by atoms with Crippen LogP contribution in [0.15, 0.2) is 54.6 Å². The maximum atomic E-state index is 12.1. The van der Waals surface area contributed by atoms with E-state index in [4.69, 9.17) is 4.74 Å². The van der Waals surface area contributed by atoms with E-state index in [9.17, 15) is 4.79 Å². The molecule has 1 aliphatic carbocycles. The number of hydrogen-bond acceptors (Lipinski definition) is 2. The third-order valence-corrected chi connectivity index (χ3v) is 4.18. The van der Waals surface area contributed by atoms with Crippen LogP contribution in [-0.4, -0.2) is 19.6 Å². The lowest BCUT2D eigenvalue weighted by atomic mass is 9.95. The Labute approximate surface area is 124 Å². The van der Waals surface area contributed by atoms with Crippen molar-refractivity contribution in [2.45, 2.75) is 18.3 Å². The van der Waals surface area contributed by atoms with Gasteiger partial charge in [-0.3, -0.25) is 4.79 Å². The van der Waals surface area contributed by atoms with Gasteiger partial charge in [-0.15, -0.1) is 0 Å². The number of methoxy groups -OCH3 is 1. The SMILES string of the molecule is COc1ccc(C2(CNC(=O)c3ccccc3)CC2)cc1. The van der Waals surface area contributed by atoms with Crippen LogP contribution in [0.1, 0.15) is 28.8 Å². The van der Waals surface area contributed by atoms with E-state index in [0.29, 0.717) is 12.1 Å². The standard InChI is InChI=1S/C18H19NO2/c1-21-16-9-7-15(8-10-16)18(11-12-18)13-19-17(20)14-5-3-2-4-6-14/h2-10H,11-13H2,1H3,(H,19,20). The first-order valence-electron chi connectivity index (χ1n) is 7.21. The molecule has 3 heteroatoms. The Hall–Kier alpha value is -2.29. The van der Waals surface area contributed by atoms with Crippen LogP contribution in [0.3, 0.4) is 0 Å². The Kier molecular flexibility index (Phi) is 3.65. The molecule has 0 radical (unpaired) electrons. The fraction of sp³-hybridized carbons (Fsp3) is 0.278. The maximum absolute atomic E-state index is 12.1. The molecule has 3 nitrogen and oxygen atoms in total. The highest BCUT2D eigenvalue weighted by molar-refractivity contribution is 5.94. The average Bonchev–Trinajstić information content (AvgIpc) is 3.35. The number of carbonyl (C=O) groups excluding carboxylic acids is 1. The Balaban J connectivity index is 1.65. The van der Waals surface area contributed by atoms with Crippen LogP contribution in [0.5, 0.6) is 5.75 Å². The molecule has 0 bridgehead atoms. The van der Waals surface area contributed by atoms with Crippen LogP contribution in [0.2, 0.25) is 0 Å². The molecule has 1 N–H and O–H groups in total. The fourth-order valence-electron chi connectivity index (χ4n) is 2.60. The molecule has 1 aliphatic rings. The van der Waals surface area contributed by atoms with Crippen molar-refractivity contribution in [1.29, 1.82) is 0 Å². The molecule has 2 aromatic carbocycles. The van der Waals surface area contributed by atoms with Crippen molar-refractivity contribution in [3.8, 4) is 5.75 Å². The molecule has 0 atom stereocenters. The summed E-state index contributed by atoms with van der Waals surface area (Å²) in [6, 6.07) is 17.5. The minimum Gasteiger partial charge on any atom is -0.497 e. The molecule has 108 valence electrons. The minimum atomic E-state index is -0.00427. The Bertz CT molecular complexity index is 615. The van der Waals surface area contributed by atoms with Gasteiger partial charge in [0.1, 0.15) is 5.75 Å². The molecule has 2 aromatic rings. The molecule has 3 rings (SSSR count). The van der Waals surface area contributed by atoms with Gasteiger partial charge >= 0.3 is 0 Å². The molecule has 21 heavy (non-hydrogen) atoms. The maximum Gasteiger partial charge on any atom is 0.251 e. The summed E-state index contributed by atoms with van der Waals surface area (Å²) in [5.74, 6) is 0.859. The van der Waals surface area contributed by atoms with Crippen molar-refractivity contribution < 1.29 is 9.53 Å². The predicted octanol–water partition coefficient (Wildman–Crippen LogP) is 3.16. The van der Waals surface area contributed by atoms with Gasteiger partial charge in [0, 0.05) is 17.5 Å². The molecule has 0 aromatic heterocycles. The van der Waals surface area contributed by atoms with Crippen LogP contribution < -0.4 is 10.1 Å². The highest BCUT2D eigenvalue weighted by Gasteiger charge is 2.44. The van der Waals surface area contributed by atoms with Crippen LogP contribution >= 0.6 is 0 Å². The van der Waals surface area contributed by atoms with Gasteiger partial charge in [-0.1, -0.05) is 30.3 Å². The van der Waals surface area contributed by atoms with Crippen LogP contribution in [-0.2, 0) is 5.41 Å². The lowest BCUT2D eigenvalue weighted by molar-refractivity contribution is 0.0949. The number of nitrogens with one attached hydrogen (secondary N) is 1. The number of rotatable bonds is 5. The summed E-state index contributed by atoms with van der Waals surface area (Å²) in [7, 11) is 1.67. The van der Waals surface area contributed by atoms with Gasteiger partial charge in [-0.25, -0.2) is 0 Å². The zero-order valence-corrected chi connectivity index (χ0v) is 12.1. The number of amides is 1. The van der Waals surface area contributed by atoms with Crippen molar-refractivity contribution >= 4 is 5.91 Å². The Morgan fingerprint density at radius 3 is 2.33 bits per heavy atom. The van der Waals surface area contributed by atoms with Gasteiger partial charge in [0.05, 0.1) is 7.11 Å². The van der Waals surface area contributed by atoms with E-state index < -0.39 is 0 Å². The number of carbonyl (C=O) groups is 1. The number of ether oxygens (including phenoxy) is 1. The second-order valence-electron chi connectivity index (χ2n) is 5.56. The molecule has 0 saturated heterocycles. The summed E-state index contributed by atoms with van der Waals surface area (Å²) in [5, 5.41) is 3.06. The number of hydrogen-bond donors (Lipinski definition) is 1. The van der Waals surface area contributed by atoms with E-state index in [2.05, 4.69) is 17.4 Å². The summed E-state index contributed by atoms with van der Waals surface area (Å²) < 4.78 is 5.19. The fourth-order valence-corrected chi connectivity index (χ4v) is 2.60. The van der Waals surface area contributed by atoms with Gasteiger partial charge in [-0.05, 0) is 42.7 Å². The second kappa shape index (κ2) is 5.60. The Morgan fingerprint density at radius 2 is 1.76 bits per heavy atom. The first-order chi connectivity index (χ1) is 10.2. The Morgan fingerprint density at radius 1 is 1.10 bits per heavy atom. The van der Waals surface area contributed by atoms with Crippen LogP contribution in [0.4, 0.5) is 0 Å². The largest absolute Gasteiger partial charge is 0.497 e. The first kappa shape index (κ1) is 13.7. The molecular formula is C18H19NO2. The quantitative estimate of drug-likeness (QED) is 0.914. The van der Waals surface area contributed by atoms with E-state index >= 15 is 0 Å². The van der Waals surface area contributed by atoms with Gasteiger partial charge in [-0.2, -0.15) is 0 Å². The average molecular weight is 281 g/mol. The topological polar surface area (TPSA) is 38.3 Å². The van der Waals surface area contributed by atoms with Gasteiger partial charge in [0.25, 0.3) is 5.91 Å². The molecule has 0 heterocycles. The highest BCUT2D eigenvalue weighted by atomic mass is 16.5. The van der Waals surface area contributed by atoms with Crippen molar-refractivity contribution in [2.75, 3.05) is 13.7 Å². The van der Waals surface area contributed by atoms with Gasteiger partial charge in [0.15, 0.2) is 0 Å². The van der Waals surface area contributed by atoms with Gasteiger partial charge in [0.2, 0.25) is 0 Å². The minimum absolute atomic E-state index is 0.00427. The molecular weight excluding hydrogens is 262 g/mol. The lowest BCUT2D eigenvalue weighted by Crippen LogP contribution is -2.32. The lowest BCUT2D eigenvalue weighted by Gasteiger charge is -2.17. The monoisotopic (exact) mass is 281 g/mol. The van der Waals surface area contributed by atoms with Crippen molar-refractivity contribution in [3.05, 3.63) is 65.7 Å². The normalized spacial score (nSPS) is 15.3. The van der Waals surface area contributed by atoms with E-state index in [1.807, 2.05) is 42.5 Å². The smallest absolute Gasteiger partial charge is 0.251 e. The van der Waals surface area contributed by atoms with Crippen LogP contribution in [0.25, 0.3) is 0 Å². The first-order valence-corrected chi connectivity index (χ1v) is 7.21. The van der Waals surface area contributed by atoms with E-state index in [0.717, 1.165) is 18.6 Å². The summed E-state index contributed by atoms with van der Waals surface area (Å²) in [5.41, 5.74) is 2.09. The third-order valence-electron chi connectivity index (χ3n) is 4.18. The molecule has 0 spiro atoms. The van der Waals surface area contributed by atoms with E-state index in [-0.39, 0.29) is 11.3 Å². The van der Waals surface area contributed by atoms with E-state index in [1.165, 1.54) is 5.56 Å². The van der Waals surface area contributed by atoms with Crippen LogP contribution in [0, 0.1) is 0 Å². The highest BCUT2D eigenvalue weighted by Crippen LogP contribution is 2.47. The zero-order chi connectivity index (χ0) is 14.7. The van der Waals surface area contributed by atoms with Crippen molar-refractivity contribution in [2.24, 2.45) is 0 Å². The van der Waals surface area contributed by atoms with Gasteiger partial charge < -0.3 is 10.1 Å². The molecule has 1 saturated carbocycles. The van der Waals surface area contributed by atoms with E-state index in [1.54, 1.807) is 7.11 Å². The van der Waals surface area contributed by atoms with Crippen molar-refractivity contribution in [1.82, 2.24) is 5.32 Å². The zero-order valence-electron chi connectivity index (χ0n) is 12.1. The molecule has 0 aliphatic heterocycles.